The normalized spacial score (nSPS) is 11.6. The molecule has 0 aliphatic heterocycles. The molecule has 3 nitrogen and oxygen atoms in total. The van der Waals surface area contributed by atoms with E-state index in [9.17, 15) is 4.79 Å². The zero-order valence-electron chi connectivity index (χ0n) is 12.5. The minimum atomic E-state index is -0.550. The minimum absolute atomic E-state index is 0.227. The van der Waals surface area contributed by atoms with Gasteiger partial charge in [0.15, 0.2) is 0 Å². The van der Waals surface area contributed by atoms with Crippen LogP contribution in [0.2, 0.25) is 10.0 Å². The van der Waals surface area contributed by atoms with Crippen molar-refractivity contribution in [3.05, 3.63) is 76.8 Å². The van der Waals surface area contributed by atoms with Gasteiger partial charge in [0.1, 0.15) is 12.6 Å². The number of nitrogens with one attached hydrogen (secondary N) is 1. The highest BCUT2D eigenvalue weighted by molar-refractivity contribution is 6.35. The van der Waals surface area contributed by atoms with Gasteiger partial charge in [-0.2, -0.15) is 0 Å². The number of carbonyl (C=O) groups is 1. The lowest BCUT2D eigenvalue weighted by Crippen LogP contribution is -2.30. The van der Waals surface area contributed by atoms with Crippen LogP contribution in [-0.4, -0.2) is 12.0 Å². The summed E-state index contributed by atoms with van der Waals surface area (Å²) in [7, 11) is 0. The summed E-state index contributed by atoms with van der Waals surface area (Å²) < 4.78 is 5.36. The number of benzene rings is 2. The first-order chi connectivity index (χ1) is 11.1. The number of hydrogen-bond acceptors (Lipinski definition) is 3. The van der Waals surface area contributed by atoms with Crippen LogP contribution in [0, 0.1) is 0 Å². The zero-order valence-corrected chi connectivity index (χ0v) is 14.0. The second-order valence-corrected chi connectivity index (χ2v) is 5.85. The standard InChI is InChI=1S/C18H17Cl2NO2/c1-2-6-17(21-16-10-14(19)9-15(20)11-16)18(22)23-12-13-7-4-3-5-8-13/h2-5,7-11,17,21H,1,6,12H2. The molecule has 0 heterocycles. The molecule has 1 unspecified atom stereocenters. The molecule has 0 aliphatic carbocycles. The molecule has 1 N–H and O–H groups in total. The lowest BCUT2D eigenvalue weighted by Gasteiger charge is -2.18. The molecule has 0 bridgehead atoms. The lowest BCUT2D eigenvalue weighted by atomic mass is 10.2. The quantitative estimate of drug-likeness (QED) is 0.558. The molecule has 2 aromatic carbocycles. The van der Waals surface area contributed by atoms with Gasteiger partial charge in [-0.15, -0.1) is 6.58 Å². The van der Waals surface area contributed by atoms with E-state index in [0.29, 0.717) is 22.2 Å². The molecule has 1 atom stereocenters. The molecule has 0 aliphatic rings. The summed E-state index contributed by atoms with van der Waals surface area (Å²) in [5.41, 5.74) is 1.59. The van der Waals surface area contributed by atoms with Crippen molar-refractivity contribution in [2.24, 2.45) is 0 Å². The van der Waals surface area contributed by atoms with Crippen LogP contribution in [0.5, 0.6) is 0 Å². The highest BCUT2D eigenvalue weighted by Crippen LogP contribution is 2.23. The predicted molar refractivity (Wildman–Crippen MR) is 94.9 cm³/mol. The highest BCUT2D eigenvalue weighted by Gasteiger charge is 2.19. The summed E-state index contributed by atoms with van der Waals surface area (Å²) in [6.45, 7) is 3.91. The Morgan fingerprint density at radius 1 is 1.17 bits per heavy atom. The number of rotatable bonds is 7. The average molecular weight is 350 g/mol. The van der Waals surface area contributed by atoms with Crippen molar-refractivity contribution in [3.63, 3.8) is 0 Å². The fourth-order valence-corrected chi connectivity index (χ4v) is 2.57. The Kier molecular flexibility index (Phi) is 6.51. The number of carbonyl (C=O) groups excluding carboxylic acids is 1. The zero-order chi connectivity index (χ0) is 16.7. The molecule has 0 saturated carbocycles. The van der Waals surface area contributed by atoms with E-state index in [-0.39, 0.29) is 12.6 Å². The Labute approximate surface area is 145 Å². The van der Waals surface area contributed by atoms with E-state index in [1.165, 1.54) is 0 Å². The Balaban J connectivity index is 2.01. The van der Waals surface area contributed by atoms with Crippen molar-refractivity contribution in [1.82, 2.24) is 0 Å². The van der Waals surface area contributed by atoms with Crippen molar-refractivity contribution < 1.29 is 9.53 Å². The van der Waals surface area contributed by atoms with Crippen LogP contribution >= 0.6 is 23.2 Å². The average Bonchev–Trinajstić information content (AvgIpc) is 2.52. The molecular formula is C18H17Cl2NO2. The summed E-state index contributed by atoms with van der Waals surface area (Å²) in [5, 5.41) is 4.07. The van der Waals surface area contributed by atoms with E-state index >= 15 is 0 Å². The van der Waals surface area contributed by atoms with Gasteiger partial charge in [0.2, 0.25) is 0 Å². The van der Waals surface area contributed by atoms with Crippen LogP contribution < -0.4 is 5.32 Å². The van der Waals surface area contributed by atoms with Crippen LogP contribution in [0.1, 0.15) is 12.0 Å². The molecule has 0 fully saturated rings. The number of halogens is 2. The topological polar surface area (TPSA) is 38.3 Å². The highest BCUT2D eigenvalue weighted by atomic mass is 35.5. The van der Waals surface area contributed by atoms with Crippen LogP contribution in [0.3, 0.4) is 0 Å². The molecule has 0 amide bonds. The van der Waals surface area contributed by atoms with Gasteiger partial charge in [0.25, 0.3) is 0 Å². The smallest absolute Gasteiger partial charge is 0.329 e. The summed E-state index contributed by atoms with van der Waals surface area (Å²) >= 11 is 11.9. The molecular weight excluding hydrogens is 333 g/mol. The van der Waals surface area contributed by atoms with Crippen LogP contribution in [0.4, 0.5) is 5.69 Å². The van der Waals surface area contributed by atoms with Crippen molar-refractivity contribution in [3.8, 4) is 0 Å². The first-order valence-electron chi connectivity index (χ1n) is 7.12. The fourth-order valence-electron chi connectivity index (χ4n) is 2.05. The Hall–Kier alpha value is -1.97. The van der Waals surface area contributed by atoms with Crippen molar-refractivity contribution in [1.29, 1.82) is 0 Å². The number of hydrogen-bond donors (Lipinski definition) is 1. The molecule has 0 spiro atoms. The molecule has 0 aromatic heterocycles. The van der Waals surface area contributed by atoms with Crippen molar-refractivity contribution in [2.75, 3.05) is 5.32 Å². The monoisotopic (exact) mass is 349 g/mol. The molecule has 2 rings (SSSR count). The molecule has 120 valence electrons. The van der Waals surface area contributed by atoms with E-state index in [1.807, 2.05) is 30.3 Å². The van der Waals surface area contributed by atoms with Gasteiger partial charge in [0.05, 0.1) is 0 Å². The van der Waals surface area contributed by atoms with E-state index in [2.05, 4.69) is 11.9 Å². The van der Waals surface area contributed by atoms with Crippen LogP contribution in [0.25, 0.3) is 0 Å². The number of anilines is 1. The largest absolute Gasteiger partial charge is 0.459 e. The molecule has 23 heavy (non-hydrogen) atoms. The third kappa shape index (κ3) is 5.62. The summed E-state index contributed by atoms with van der Waals surface area (Å²) in [5.74, 6) is -0.357. The van der Waals surface area contributed by atoms with Gasteiger partial charge < -0.3 is 10.1 Å². The third-order valence-corrected chi connectivity index (χ3v) is 3.55. The van der Waals surface area contributed by atoms with Crippen LogP contribution in [-0.2, 0) is 16.1 Å². The summed E-state index contributed by atoms with van der Waals surface area (Å²) in [4.78, 5) is 12.3. The van der Waals surface area contributed by atoms with Crippen LogP contribution in [0.15, 0.2) is 61.2 Å². The lowest BCUT2D eigenvalue weighted by molar-refractivity contribution is -0.145. The Morgan fingerprint density at radius 2 is 1.83 bits per heavy atom. The third-order valence-electron chi connectivity index (χ3n) is 3.11. The Morgan fingerprint density at radius 3 is 2.43 bits per heavy atom. The summed E-state index contributed by atoms with van der Waals surface area (Å²) in [6, 6.07) is 14.0. The van der Waals surface area contributed by atoms with Gasteiger partial charge in [-0.3, -0.25) is 0 Å². The maximum absolute atomic E-state index is 12.3. The van der Waals surface area contributed by atoms with Gasteiger partial charge >= 0.3 is 5.97 Å². The van der Waals surface area contributed by atoms with Gasteiger partial charge in [-0.25, -0.2) is 4.79 Å². The Bertz CT molecular complexity index is 654. The van der Waals surface area contributed by atoms with Gasteiger partial charge in [-0.1, -0.05) is 59.6 Å². The SMILES string of the molecule is C=CCC(Nc1cc(Cl)cc(Cl)c1)C(=O)OCc1ccccc1. The van der Waals surface area contributed by atoms with E-state index in [1.54, 1.807) is 24.3 Å². The first-order valence-corrected chi connectivity index (χ1v) is 7.88. The minimum Gasteiger partial charge on any atom is -0.459 e. The van der Waals surface area contributed by atoms with E-state index in [0.717, 1.165) is 5.56 Å². The second-order valence-electron chi connectivity index (χ2n) is 4.97. The number of esters is 1. The predicted octanol–water partition coefficient (Wildman–Crippen LogP) is 5.09. The van der Waals surface area contributed by atoms with E-state index < -0.39 is 6.04 Å². The second kappa shape index (κ2) is 8.61. The maximum Gasteiger partial charge on any atom is 0.329 e. The first kappa shape index (κ1) is 17.4. The molecule has 2 aromatic rings. The fraction of sp³-hybridized carbons (Fsp3) is 0.167. The van der Waals surface area contributed by atoms with Gasteiger partial charge in [-0.05, 0) is 30.2 Å². The van der Waals surface area contributed by atoms with Crippen molar-refractivity contribution in [2.45, 2.75) is 19.1 Å². The van der Waals surface area contributed by atoms with Gasteiger partial charge in [0, 0.05) is 15.7 Å². The maximum atomic E-state index is 12.3. The number of ether oxygens (including phenoxy) is 1. The molecule has 0 saturated heterocycles. The molecule has 0 radical (unpaired) electrons. The van der Waals surface area contributed by atoms with E-state index in [4.69, 9.17) is 27.9 Å². The van der Waals surface area contributed by atoms with Crippen molar-refractivity contribution >= 4 is 34.9 Å². The molecule has 5 heteroatoms. The summed E-state index contributed by atoms with van der Waals surface area (Å²) in [6.07, 6.45) is 2.09.